The molecule has 2 saturated carbocycles. The smallest absolute Gasteiger partial charge is 0.350 e. The minimum absolute atomic E-state index is 0.00246. The highest BCUT2D eigenvalue weighted by Crippen LogP contribution is 2.66. The SMILES string of the molecule is CC(=O)O[C@H]1C(=O)[C@@]2(C)[C@H](C(CC(=O)c3ccccc3)[C@]3(O)CC(OC(=O)C(OC(=O)COCC(=O)OCCC(C)=CCCC(C)=CCC/C=C(\C)CC/C=C(\C)CCC=C(C)C)[C@@H](NC(=O)c4ccccc4)c4ccccc4)C(C)=C1C3(C)C)[C@]1(OC(C)=O)CO[C@@H]1C[C@@H]2O. The lowest BCUT2D eigenvalue weighted by Crippen LogP contribution is -2.80. The molecule has 0 spiro atoms. The van der Waals surface area contributed by atoms with Crippen LogP contribution in [0.25, 0.3) is 0 Å². The van der Waals surface area contributed by atoms with Crippen molar-refractivity contribution in [2.75, 3.05) is 26.4 Å². The van der Waals surface area contributed by atoms with Crippen molar-refractivity contribution >= 4 is 47.3 Å². The number of carbonyl (C=O) groups is 8. The maximum atomic E-state index is 15.9. The predicted molar refractivity (Wildman–Crippen MR) is 363 cm³/mol. The third kappa shape index (κ3) is 18.4. The van der Waals surface area contributed by atoms with Gasteiger partial charge in [-0.2, -0.15) is 0 Å². The molecule has 1 amide bonds. The molecule has 4 aliphatic rings. The van der Waals surface area contributed by atoms with Crippen LogP contribution in [-0.4, -0.2) is 126 Å². The van der Waals surface area contributed by atoms with Gasteiger partial charge >= 0.3 is 29.8 Å². The molecule has 7 rings (SSSR count). The summed E-state index contributed by atoms with van der Waals surface area (Å²) in [5.41, 5.74) is -0.290. The number of aliphatic hydroxyl groups is 2. The van der Waals surface area contributed by atoms with Crippen LogP contribution in [0.15, 0.2) is 160 Å². The lowest BCUT2D eigenvalue weighted by atomic mass is 9.42. The minimum Gasteiger partial charge on any atom is -0.464 e. The summed E-state index contributed by atoms with van der Waals surface area (Å²) in [6, 6.07) is 23.0. The van der Waals surface area contributed by atoms with Crippen molar-refractivity contribution in [2.24, 2.45) is 22.7 Å². The highest BCUT2D eigenvalue weighted by Gasteiger charge is 2.77. The summed E-state index contributed by atoms with van der Waals surface area (Å²) in [4.78, 5) is 114. The molecule has 3 fully saturated rings. The zero-order valence-electron chi connectivity index (χ0n) is 58.0. The van der Waals surface area contributed by atoms with Gasteiger partial charge in [-0.25, -0.2) is 14.4 Å². The van der Waals surface area contributed by atoms with Crippen LogP contribution in [0.1, 0.15) is 192 Å². The molecule has 96 heavy (non-hydrogen) atoms. The third-order valence-corrected chi connectivity index (χ3v) is 19.7. The van der Waals surface area contributed by atoms with Crippen LogP contribution in [-0.2, 0) is 61.9 Å². The number of fused-ring (bicyclic) bond motifs is 5. The average molecular weight is 1320 g/mol. The molecule has 18 nitrogen and oxygen atoms in total. The van der Waals surface area contributed by atoms with Crippen LogP contribution < -0.4 is 5.32 Å². The van der Waals surface area contributed by atoms with Crippen LogP contribution in [0.3, 0.4) is 0 Å². The summed E-state index contributed by atoms with van der Waals surface area (Å²) in [6.45, 7) is 19.5. The molecule has 0 aromatic heterocycles. The van der Waals surface area contributed by atoms with Crippen LogP contribution in [0, 0.1) is 22.7 Å². The zero-order valence-corrected chi connectivity index (χ0v) is 58.0. The fourth-order valence-corrected chi connectivity index (χ4v) is 14.4. The molecule has 3 aromatic rings. The Hall–Kier alpha value is -7.90. The Kier molecular flexibility index (Phi) is 26.6. The Morgan fingerprint density at radius 1 is 0.667 bits per heavy atom. The van der Waals surface area contributed by atoms with Gasteiger partial charge in [-0.3, -0.25) is 24.0 Å². The minimum atomic E-state index is -2.30. The first-order chi connectivity index (χ1) is 45.5. The second-order valence-corrected chi connectivity index (χ2v) is 27.4. The monoisotopic (exact) mass is 1320 g/mol. The Labute approximate surface area is 566 Å². The first-order valence-electron chi connectivity index (χ1n) is 33.6. The maximum absolute atomic E-state index is 15.9. The third-order valence-electron chi connectivity index (χ3n) is 19.7. The van der Waals surface area contributed by atoms with Crippen molar-refractivity contribution < 1.29 is 81.7 Å². The van der Waals surface area contributed by atoms with Crippen LogP contribution >= 0.6 is 0 Å². The number of ketones is 2. The topological polar surface area (TPSA) is 254 Å². The fourth-order valence-electron chi connectivity index (χ4n) is 14.4. The van der Waals surface area contributed by atoms with Gasteiger partial charge in [0.25, 0.3) is 5.91 Å². The molecule has 1 heterocycles. The number of aliphatic hydroxyl groups excluding tert-OH is 1. The summed E-state index contributed by atoms with van der Waals surface area (Å²) in [5.74, 6) is -9.69. The van der Waals surface area contributed by atoms with Gasteiger partial charge in [-0.05, 0) is 136 Å². The Morgan fingerprint density at radius 2 is 1.20 bits per heavy atom. The number of esters is 5. The lowest BCUT2D eigenvalue weighted by Gasteiger charge is -2.68. The van der Waals surface area contributed by atoms with E-state index in [4.69, 9.17) is 33.2 Å². The molecule has 3 aromatic carbocycles. The first kappa shape index (κ1) is 75.5. The number of nitrogens with one attached hydrogen (secondary N) is 1. The van der Waals surface area contributed by atoms with Gasteiger partial charge in [0.2, 0.25) is 6.10 Å². The quantitative estimate of drug-likeness (QED) is 0.0178. The molecular weight excluding hydrogens is 1220 g/mol. The van der Waals surface area contributed by atoms with Gasteiger partial charge < -0.3 is 48.7 Å². The fraction of sp³-hybridized carbons (Fsp3) is 0.513. The number of benzene rings is 3. The molecule has 1 aliphatic heterocycles. The van der Waals surface area contributed by atoms with Crippen molar-refractivity contribution in [3.63, 3.8) is 0 Å². The van der Waals surface area contributed by atoms with E-state index in [1.165, 1.54) is 43.1 Å². The number of amides is 1. The molecule has 2 bridgehead atoms. The molecular formula is C78H99NO17. The number of carbonyl (C=O) groups excluding carboxylic acids is 8. The van der Waals surface area contributed by atoms with E-state index in [2.05, 4.69) is 70.3 Å². The molecule has 518 valence electrons. The van der Waals surface area contributed by atoms with E-state index in [-0.39, 0.29) is 47.5 Å². The summed E-state index contributed by atoms with van der Waals surface area (Å²) < 4.78 is 41.7. The van der Waals surface area contributed by atoms with Crippen LogP contribution in [0.5, 0.6) is 0 Å². The molecule has 0 radical (unpaired) electrons. The molecule has 18 heteroatoms. The summed E-state index contributed by atoms with van der Waals surface area (Å²) >= 11 is 0. The number of hydrogen-bond acceptors (Lipinski definition) is 17. The van der Waals surface area contributed by atoms with Gasteiger partial charge in [-0.15, -0.1) is 0 Å². The van der Waals surface area contributed by atoms with Crippen molar-refractivity contribution in [2.45, 2.75) is 208 Å². The van der Waals surface area contributed by atoms with E-state index in [9.17, 15) is 39.0 Å². The highest BCUT2D eigenvalue weighted by molar-refractivity contribution is 5.98. The summed E-state index contributed by atoms with van der Waals surface area (Å²) in [6.07, 6.45) is 10.6. The van der Waals surface area contributed by atoms with Crippen molar-refractivity contribution in [3.05, 3.63) is 177 Å². The van der Waals surface area contributed by atoms with Gasteiger partial charge in [0.15, 0.2) is 23.3 Å². The van der Waals surface area contributed by atoms with Gasteiger partial charge in [-0.1, -0.05) is 151 Å². The van der Waals surface area contributed by atoms with Crippen molar-refractivity contribution in [3.8, 4) is 0 Å². The predicted octanol–water partition coefficient (Wildman–Crippen LogP) is 12.8. The summed E-state index contributed by atoms with van der Waals surface area (Å²) in [7, 11) is 0. The highest BCUT2D eigenvalue weighted by atomic mass is 16.6. The van der Waals surface area contributed by atoms with Crippen molar-refractivity contribution in [1.29, 1.82) is 0 Å². The van der Waals surface area contributed by atoms with E-state index in [0.29, 0.717) is 6.42 Å². The van der Waals surface area contributed by atoms with Crippen LogP contribution in [0.4, 0.5) is 0 Å². The van der Waals surface area contributed by atoms with E-state index in [1.54, 1.807) is 105 Å². The van der Waals surface area contributed by atoms with Gasteiger partial charge in [0, 0.05) is 67.9 Å². The normalized spacial score (nSPS) is 25.4. The second-order valence-electron chi connectivity index (χ2n) is 27.4. The number of unbranched alkanes of at least 4 members (excludes halogenated alkanes) is 1. The second kappa shape index (κ2) is 33.9. The number of rotatable bonds is 31. The standard InChI is InChI=1S/C78H99NO17/c1-49(2)27-24-30-52(5)33-25-31-50(3)28-22-23-29-51(4)32-26-34-53(6)41-42-91-65(84)46-90-47-66(85)95-70(68(58-37-18-14-19-38-58)79-73(87)59-39-20-15-21-40-59)74(88)94-62-45-78(89)60(43-61(82)57-35-16-13-17-36-57)71-76(12,63(83)44-64-77(71,48-92-64)96-56(9)81)72(86)69(93-55(8)80)67(54(62)7)75(78,10)11/h13-21,27-29,33-40,60,62-64,68-71,83,89H,22-26,30-32,41-48H2,1-12H3,(H,79,87)/b50-28+,51-29?,52-33+,53-34?/t60?,62?,63-,64+,68-,69+,70?,71-,76+,77-,78+/m0/s1. The molecule has 3 N–H and O–H groups in total. The average Bonchev–Trinajstić information content (AvgIpc) is 0.670. The summed E-state index contributed by atoms with van der Waals surface area (Å²) in [5, 5.41) is 29.4. The molecule has 3 aliphatic carbocycles. The number of Topliss-reactive ketones (excluding diaryl/α,β-unsaturated/α-hetero) is 2. The van der Waals surface area contributed by atoms with Gasteiger partial charge in [0.1, 0.15) is 31.5 Å². The van der Waals surface area contributed by atoms with E-state index >= 15 is 9.59 Å². The molecule has 11 atom stereocenters. The van der Waals surface area contributed by atoms with E-state index < -0.39 is 144 Å². The number of ether oxygens (including phenoxy) is 7. The number of hydrogen-bond donors (Lipinski definition) is 3. The van der Waals surface area contributed by atoms with Gasteiger partial charge in [0.05, 0.1) is 30.3 Å². The largest absolute Gasteiger partial charge is 0.464 e. The van der Waals surface area contributed by atoms with Crippen molar-refractivity contribution in [1.82, 2.24) is 5.32 Å². The maximum Gasteiger partial charge on any atom is 0.350 e. The van der Waals surface area contributed by atoms with E-state index in [1.807, 2.05) is 6.92 Å². The first-order valence-corrected chi connectivity index (χ1v) is 33.6. The molecule has 3 unspecified atom stereocenters. The Morgan fingerprint density at radius 3 is 1.74 bits per heavy atom. The molecule has 1 saturated heterocycles. The van der Waals surface area contributed by atoms with Crippen LogP contribution in [0.2, 0.25) is 0 Å². The van der Waals surface area contributed by atoms with E-state index in [0.717, 1.165) is 63.9 Å². The Bertz CT molecular complexity index is 3470. The zero-order chi connectivity index (χ0) is 70.1. The lowest BCUT2D eigenvalue weighted by molar-refractivity contribution is -0.339. The Balaban J connectivity index is 1.10. The number of allylic oxidation sites excluding steroid dienone is 9.